The smallest absolute Gasteiger partial charge is 0.345 e. The Labute approximate surface area is 179 Å². The molecule has 0 saturated heterocycles. The highest BCUT2D eigenvalue weighted by atomic mass is 16.6. The fraction of sp³-hybridized carbons (Fsp3) is 0.0909. The summed E-state index contributed by atoms with van der Waals surface area (Å²) in [5.41, 5.74) is -1.88. The molecule has 1 aromatic heterocycles. The number of ketones is 2. The van der Waals surface area contributed by atoms with Gasteiger partial charge in [-0.3, -0.25) is 24.5 Å². The SMILES string of the molecule is O=C(COC(=O)c1ccc2c(c1[N+](=O)[O-])C(=O)c1ccccc1C2=O)NCc1ccco1. The van der Waals surface area contributed by atoms with Crippen molar-refractivity contribution >= 4 is 29.1 Å². The summed E-state index contributed by atoms with van der Waals surface area (Å²) in [6.45, 7) is -0.637. The number of amides is 1. The van der Waals surface area contributed by atoms with Crippen LogP contribution in [0.1, 0.15) is 48.0 Å². The van der Waals surface area contributed by atoms with Gasteiger partial charge in [0.15, 0.2) is 12.4 Å². The van der Waals surface area contributed by atoms with E-state index in [0.717, 1.165) is 6.07 Å². The van der Waals surface area contributed by atoms with Crippen LogP contribution in [0.5, 0.6) is 0 Å². The van der Waals surface area contributed by atoms with Crippen molar-refractivity contribution in [2.24, 2.45) is 0 Å². The average Bonchev–Trinajstić information content (AvgIpc) is 3.32. The molecule has 160 valence electrons. The highest BCUT2D eigenvalue weighted by Gasteiger charge is 2.39. The van der Waals surface area contributed by atoms with Gasteiger partial charge in [-0.05, 0) is 24.3 Å². The first-order chi connectivity index (χ1) is 15.4. The first-order valence-corrected chi connectivity index (χ1v) is 9.34. The molecule has 0 fully saturated rings. The molecule has 10 nitrogen and oxygen atoms in total. The number of hydrogen-bond acceptors (Lipinski definition) is 8. The van der Waals surface area contributed by atoms with Crippen LogP contribution >= 0.6 is 0 Å². The van der Waals surface area contributed by atoms with Crippen LogP contribution in [-0.4, -0.2) is 35.0 Å². The van der Waals surface area contributed by atoms with Gasteiger partial charge in [0, 0.05) is 16.7 Å². The van der Waals surface area contributed by atoms with Crippen molar-refractivity contribution in [2.75, 3.05) is 6.61 Å². The van der Waals surface area contributed by atoms with Crippen LogP contribution in [0.2, 0.25) is 0 Å². The van der Waals surface area contributed by atoms with Crippen LogP contribution in [0.25, 0.3) is 0 Å². The molecule has 10 heteroatoms. The molecule has 32 heavy (non-hydrogen) atoms. The lowest BCUT2D eigenvalue weighted by Gasteiger charge is -2.18. The second-order valence-electron chi connectivity index (χ2n) is 6.78. The fourth-order valence-electron chi connectivity index (χ4n) is 3.38. The topological polar surface area (TPSA) is 146 Å². The Hall–Kier alpha value is -4.60. The molecular formula is C22H14N2O8. The molecule has 0 radical (unpaired) electrons. The van der Waals surface area contributed by atoms with E-state index in [-0.39, 0.29) is 23.2 Å². The Balaban J connectivity index is 1.59. The highest BCUT2D eigenvalue weighted by molar-refractivity contribution is 6.30. The van der Waals surface area contributed by atoms with Gasteiger partial charge in [-0.1, -0.05) is 24.3 Å². The van der Waals surface area contributed by atoms with Gasteiger partial charge in [0.25, 0.3) is 11.6 Å². The Morgan fingerprint density at radius 1 is 0.969 bits per heavy atom. The number of nitrogens with one attached hydrogen (secondary N) is 1. The van der Waals surface area contributed by atoms with E-state index in [0.29, 0.717) is 5.76 Å². The Morgan fingerprint density at radius 2 is 1.69 bits per heavy atom. The van der Waals surface area contributed by atoms with Crippen LogP contribution in [0.15, 0.2) is 59.2 Å². The second-order valence-corrected chi connectivity index (χ2v) is 6.78. The molecule has 1 N–H and O–H groups in total. The summed E-state index contributed by atoms with van der Waals surface area (Å²) < 4.78 is 9.95. The first kappa shape index (κ1) is 20.7. The molecule has 4 rings (SSSR count). The van der Waals surface area contributed by atoms with E-state index >= 15 is 0 Å². The number of esters is 1. The summed E-state index contributed by atoms with van der Waals surface area (Å²) in [5, 5.41) is 14.2. The number of fused-ring (bicyclic) bond motifs is 2. The molecule has 0 saturated carbocycles. The monoisotopic (exact) mass is 434 g/mol. The third-order valence-electron chi connectivity index (χ3n) is 4.84. The number of hydrogen-bond donors (Lipinski definition) is 1. The lowest BCUT2D eigenvalue weighted by molar-refractivity contribution is -0.385. The molecule has 0 unspecified atom stereocenters. The number of carbonyl (C=O) groups is 4. The van der Waals surface area contributed by atoms with Crippen molar-refractivity contribution in [1.82, 2.24) is 5.32 Å². The van der Waals surface area contributed by atoms with E-state index in [1.54, 1.807) is 18.2 Å². The molecule has 1 amide bonds. The minimum atomic E-state index is -1.17. The number of nitrogens with zero attached hydrogens (tertiary/aromatic N) is 1. The Kier molecular flexibility index (Phi) is 5.34. The summed E-state index contributed by atoms with van der Waals surface area (Å²) in [6, 6.07) is 11.4. The molecule has 1 aliphatic rings. The fourth-order valence-corrected chi connectivity index (χ4v) is 3.38. The highest BCUT2D eigenvalue weighted by Crippen LogP contribution is 2.35. The van der Waals surface area contributed by atoms with Crippen LogP contribution in [0.3, 0.4) is 0 Å². The maximum Gasteiger partial charge on any atom is 0.345 e. The number of nitro benzene ring substituents is 1. The molecule has 0 aliphatic heterocycles. The standard InChI is InChI=1S/C22H14N2O8/c25-17(23-10-12-4-3-9-31-12)11-32-22(28)16-8-7-15-18(19(16)24(29)30)21(27)14-6-2-1-5-13(14)20(15)26/h1-9H,10-11H2,(H,23,25). The van der Waals surface area contributed by atoms with E-state index in [4.69, 9.17) is 9.15 Å². The maximum absolute atomic E-state index is 12.9. The van der Waals surface area contributed by atoms with Gasteiger partial charge in [0.2, 0.25) is 5.78 Å². The predicted molar refractivity (Wildman–Crippen MR) is 107 cm³/mol. The maximum atomic E-state index is 12.9. The summed E-state index contributed by atoms with van der Waals surface area (Å²) in [6.07, 6.45) is 1.43. The van der Waals surface area contributed by atoms with Crippen molar-refractivity contribution < 1.29 is 33.3 Å². The second kappa shape index (κ2) is 8.26. The third-order valence-corrected chi connectivity index (χ3v) is 4.84. The Morgan fingerprint density at radius 3 is 2.34 bits per heavy atom. The number of benzene rings is 2. The van der Waals surface area contributed by atoms with Gasteiger partial charge in [-0.15, -0.1) is 0 Å². The minimum absolute atomic E-state index is 0.0101. The lowest BCUT2D eigenvalue weighted by Crippen LogP contribution is -2.28. The van der Waals surface area contributed by atoms with Crippen molar-refractivity contribution in [3.8, 4) is 0 Å². The summed E-state index contributed by atoms with van der Waals surface area (Å²) in [7, 11) is 0. The van der Waals surface area contributed by atoms with Crippen molar-refractivity contribution in [3.63, 3.8) is 0 Å². The van der Waals surface area contributed by atoms with E-state index in [9.17, 15) is 29.3 Å². The first-order valence-electron chi connectivity index (χ1n) is 9.34. The zero-order valence-corrected chi connectivity index (χ0v) is 16.3. The average molecular weight is 434 g/mol. The number of rotatable bonds is 6. The molecule has 2 aromatic carbocycles. The van der Waals surface area contributed by atoms with Crippen LogP contribution in [0.4, 0.5) is 5.69 Å². The van der Waals surface area contributed by atoms with Crippen LogP contribution in [0, 0.1) is 10.1 Å². The van der Waals surface area contributed by atoms with Crippen LogP contribution < -0.4 is 5.32 Å². The quantitative estimate of drug-likeness (QED) is 0.277. The molecule has 0 spiro atoms. The van der Waals surface area contributed by atoms with E-state index in [2.05, 4.69) is 5.32 Å². The van der Waals surface area contributed by atoms with E-state index < -0.39 is 51.8 Å². The molecule has 3 aromatic rings. The van der Waals surface area contributed by atoms with E-state index in [1.165, 1.54) is 30.5 Å². The largest absolute Gasteiger partial charge is 0.467 e. The van der Waals surface area contributed by atoms with Gasteiger partial charge >= 0.3 is 5.97 Å². The third kappa shape index (κ3) is 3.65. The predicted octanol–water partition coefficient (Wildman–Crippen LogP) is 2.44. The summed E-state index contributed by atoms with van der Waals surface area (Å²) in [4.78, 5) is 60.9. The Bertz CT molecular complexity index is 1280. The van der Waals surface area contributed by atoms with Gasteiger partial charge < -0.3 is 14.5 Å². The number of carbonyl (C=O) groups excluding carboxylic acids is 4. The number of ether oxygens (including phenoxy) is 1. The molecule has 0 bridgehead atoms. The molecule has 1 heterocycles. The number of nitro groups is 1. The van der Waals surface area contributed by atoms with Crippen molar-refractivity contribution in [1.29, 1.82) is 0 Å². The zero-order valence-electron chi connectivity index (χ0n) is 16.3. The van der Waals surface area contributed by atoms with Gasteiger partial charge in [-0.25, -0.2) is 4.79 Å². The van der Waals surface area contributed by atoms with E-state index in [1.807, 2.05) is 0 Å². The van der Waals surface area contributed by atoms with Gasteiger partial charge in [0.1, 0.15) is 16.9 Å². The van der Waals surface area contributed by atoms with Gasteiger partial charge in [-0.2, -0.15) is 0 Å². The lowest BCUT2D eigenvalue weighted by atomic mass is 9.82. The molecular weight excluding hydrogens is 420 g/mol. The minimum Gasteiger partial charge on any atom is -0.467 e. The van der Waals surface area contributed by atoms with Gasteiger partial charge in [0.05, 0.1) is 17.7 Å². The summed E-state index contributed by atoms with van der Waals surface area (Å²) in [5.74, 6) is -2.65. The number of furan rings is 1. The van der Waals surface area contributed by atoms with Crippen molar-refractivity contribution in [2.45, 2.75) is 6.54 Å². The summed E-state index contributed by atoms with van der Waals surface area (Å²) >= 11 is 0. The van der Waals surface area contributed by atoms with Crippen molar-refractivity contribution in [3.05, 3.63) is 98.5 Å². The molecule has 0 atom stereocenters. The van der Waals surface area contributed by atoms with Crippen LogP contribution in [-0.2, 0) is 16.1 Å². The molecule has 1 aliphatic carbocycles. The zero-order chi connectivity index (χ0) is 22.8. The normalized spacial score (nSPS) is 12.0.